The molecule has 0 aliphatic carbocycles. The second kappa shape index (κ2) is 7.70. The molecule has 136 valence electrons. The van der Waals surface area contributed by atoms with Gasteiger partial charge in [-0.3, -0.25) is 4.79 Å². The summed E-state index contributed by atoms with van der Waals surface area (Å²) in [7, 11) is 1.38. The SMILES string of the molecule is CO/N=C1/C[C@@H](C(=O)O)N(C(=O)c2ccc(-c3ccccc3C#N)cc2)C1. The van der Waals surface area contributed by atoms with Gasteiger partial charge in [0.15, 0.2) is 0 Å². The van der Waals surface area contributed by atoms with Crippen LogP contribution in [0.1, 0.15) is 22.3 Å². The van der Waals surface area contributed by atoms with Crippen LogP contribution in [-0.4, -0.2) is 47.3 Å². The van der Waals surface area contributed by atoms with Crippen molar-refractivity contribution in [1.29, 1.82) is 5.26 Å². The number of carbonyl (C=O) groups excluding carboxylic acids is 1. The zero-order valence-electron chi connectivity index (χ0n) is 14.6. The Morgan fingerprint density at radius 1 is 1.22 bits per heavy atom. The summed E-state index contributed by atoms with van der Waals surface area (Å²) < 4.78 is 0. The van der Waals surface area contributed by atoms with E-state index in [1.54, 1.807) is 36.4 Å². The Bertz CT molecular complexity index is 944. The lowest BCUT2D eigenvalue weighted by Gasteiger charge is -2.20. The number of hydrogen-bond donors (Lipinski definition) is 1. The van der Waals surface area contributed by atoms with Crippen LogP contribution in [0.2, 0.25) is 0 Å². The first-order chi connectivity index (χ1) is 13.0. The molecule has 0 unspecified atom stereocenters. The minimum absolute atomic E-state index is 0.114. The zero-order valence-corrected chi connectivity index (χ0v) is 14.6. The van der Waals surface area contributed by atoms with E-state index in [4.69, 9.17) is 4.84 Å². The molecule has 2 aromatic carbocycles. The van der Waals surface area contributed by atoms with Crippen molar-refractivity contribution in [3.8, 4) is 17.2 Å². The van der Waals surface area contributed by atoms with Crippen molar-refractivity contribution < 1.29 is 19.5 Å². The van der Waals surface area contributed by atoms with Gasteiger partial charge in [0.1, 0.15) is 13.2 Å². The fourth-order valence-electron chi connectivity index (χ4n) is 3.12. The Hall–Kier alpha value is -3.66. The van der Waals surface area contributed by atoms with Gasteiger partial charge in [0.05, 0.1) is 23.9 Å². The highest BCUT2D eigenvalue weighted by Gasteiger charge is 2.38. The third-order valence-corrected chi connectivity index (χ3v) is 4.41. The van der Waals surface area contributed by atoms with Crippen LogP contribution in [0.3, 0.4) is 0 Å². The standard InChI is InChI=1S/C20H17N3O4/c1-27-22-16-10-18(20(25)26)23(12-16)19(24)14-8-6-13(7-9-14)17-5-3-2-4-15(17)11-21/h2-9,18H,10,12H2,1H3,(H,25,26)/b22-16-/t18-/m0/s1. The lowest BCUT2D eigenvalue weighted by Crippen LogP contribution is -2.40. The molecule has 1 N–H and O–H groups in total. The molecule has 0 bridgehead atoms. The average Bonchev–Trinajstić information content (AvgIpc) is 3.12. The third kappa shape index (κ3) is 3.65. The van der Waals surface area contributed by atoms with Crippen molar-refractivity contribution in [1.82, 2.24) is 4.90 Å². The number of likely N-dealkylation sites (tertiary alicyclic amines) is 1. The van der Waals surface area contributed by atoms with E-state index < -0.39 is 12.0 Å². The summed E-state index contributed by atoms with van der Waals surface area (Å²) in [5.74, 6) is -1.46. The van der Waals surface area contributed by atoms with Gasteiger partial charge in [-0.05, 0) is 29.3 Å². The first kappa shape index (κ1) is 18.1. The van der Waals surface area contributed by atoms with Gasteiger partial charge in [0.2, 0.25) is 0 Å². The molecule has 0 radical (unpaired) electrons. The molecular formula is C20H17N3O4. The van der Waals surface area contributed by atoms with Gasteiger partial charge in [0.25, 0.3) is 5.91 Å². The number of carboxylic acid groups (broad SMARTS) is 1. The number of amides is 1. The van der Waals surface area contributed by atoms with E-state index in [-0.39, 0.29) is 18.9 Å². The smallest absolute Gasteiger partial charge is 0.326 e. The molecule has 7 nitrogen and oxygen atoms in total. The number of oxime groups is 1. The monoisotopic (exact) mass is 363 g/mol. The third-order valence-electron chi connectivity index (χ3n) is 4.41. The predicted octanol–water partition coefficient (Wildman–Crippen LogP) is 2.53. The molecule has 0 saturated carbocycles. The molecule has 1 heterocycles. The zero-order chi connectivity index (χ0) is 19.4. The number of aliphatic carboxylic acids is 1. The van der Waals surface area contributed by atoms with Gasteiger partial charge in [-0.2, -0.15) is 5.26 Å². The van der Waals surface area contributed by atoms with Crippen LogP contribution < -0.4 is 0 Å². The van der Waals surface area contributed by atoms with Crippen LogP contribution in [0, 0.1) is 11.3 Å². The molecule has 0 aromatic heterocycles. The minimum atomic E-state index is -1.08. The summed E-state index contributed by atoms with van der Waals surface area (Å²) in [4.78, 5) is 30.3. The van der Waals surface area contributed by atoms with Crippen molar-refractivity contribution in [2.24, 2.45) is 5.16 Å². The van der Waals surface area contributed by atoms with Crippen LogP contribution >= 0.6 is 0 Å². The first-order valence-corrected chi connectivity index (χ1v) is 8.27. The van der Waals surface area contributed by atoms with E-state index in [1.807, 2.05) is 12.1 Å². The Kier molecular flexibility index (Phi) is 5.18. The van der Waals surface area contributed by atoms with Gasteiger partial charge in [0, 0.05) is 12.0 Å². The number of benzene rings is 2. The molecular weight excluding hydrogens is 346 g/mol. The molecule has 1 fully saturated rings. The van der Waals surface area contributed by atoms with Gasteiger partial charge < -0.3 is 14.8 Å². The highest BCUT2D eigenvalue weighted by Crippen LogP contribution is 2.25. The Labute approximate surface area is 156 Å². The number of carboxylic acids is 1. The number of carbonyl (C=O) groups is 2. The summed E-state index contributed by atoms with van der Waals surface area (Å²) >= 11 is 0. The largest absolute Gasteiger partial charge is 0.480 e. The average molecular weight is 363 g/mol. The van der Waals surface area contributed by atoms with Crippen LogP contribution in [0.5, 0.6) is 0 Å². The maximum atomic E-state index is 12.8. The summed E-state index contributed by atoms with van der Waals surface area (Å²) in [6.45, 7) is 0.114. The van der Waals surface area contributed by atoms with Gasteiger partial charge in [-0.15, -0.1) is 0 Å². The van der Waals surface area contributed by atoms with E-state index in [0.29, 0.717) is 16.8 Å². The van der Waals surface area contributed by atoms with Crippen LogP contribution in [0.15, 0.2) is 53.7 Å². The van der Waals surface area contributed by atoms with Gasteiger partial charge in [-0.25, -0.2) is 4.79 Å². The van der Waals surface area contributed by atoms with E-state index in [1.165, 1.54) is 12.0 Å². The molecule has 0 spiro atoms. The quantitative estimate of drug-likeness (QED) is 0.841. The highest BCUT2D eigenvalue weighted by molar-refractivity contribution is 6.04. The van der Waals surface area contributed by atoms with Crippen molar-refractivity contribution in [2.75, 3.05) is 13.7 Å². The van der Waals surface area contributed by atoms with Crippen LogP contribution in [-0.2, 0) is 9.63 Å². The normalized spacial score (nSPS) is 17.6. The van der Waals surface area contributed by atoms with Gasteiger partial charge in [-0.1, -0.05) is 35.5 Å². The maximum Gasteiger partial charge on any atom is 0.326 e. The first-order valence-electron chi connectivity index (χ1n) is 8.27. The molecule has 1 atom stereocenters. The molecule has 1 aliphatic rings. The van der Waals surface area contributed by atoms with E-state index in [9.17, 15) is 20.0 Å². The van der Waals surface area contributed by atoms with Crippen molar-refractivity contribution in [2.45, 2.75) is 12.5 Å². The number of nitriles is 1. The van der Waals surface area contributed by atoms with Gasteiger partial charge >= 0.3 is 5.97 Å². The molecule has 1 amide bonds. The summed E-state index contributed by atoms with van der Waals surface area (Å²) in [6, 6.07) is 15.1. The summed E-state index contributed by atoms with van der Waals surface area (Å²) in [6.07, 6.45) is 0.141. The van der Waals surface area contributed by atoms with Crippen molar-refractivity contribution in [3.63, 3.8) is 0 Å². The van der Waals surface area contributed by atoms with Crippen LogP contribution in [0.25, 0.3) is 11.1 Å². The van der Waals surface area contributed by atoms with Crippen molar-refractivity contribution in [3.05, 3.63) is 59.7 Å². The molecule has 3 rings (SSSR count). The second-order valence-corrected chi connectivity index (χ2v) is 6.07. The highest BCUT2D eigenvalue weighted by atomic mass is 16.6. The lowest BCUT2D eigenvalue weighted by atomic mass is 9.99. The topological polar surface area (TPSA) is 103 Å². The molecule has 1 saturated heterocycles. The summed E-state index contributed by atoms with van der Waals surface area (Å²) in [5.41, 5.74) is 3.01. The Balaban J connectivity index is 1.86. The number of rotatable bonds is 4. The Morgan fingerprint density at radius 2 is 1.93 bits per heavy atom. The lowest BCUT2D eigenvalue weighted by molar-refractivity contribution is -0.141. The molecule has 1 aliphatic heterocycles. The second-order valence-electron chi connectivity index (χ2n) is 6.07. The van der Waals surface area contributed by atoms with E-state index in [0.717, 1.165) is 11.1 Å². The number of nitrogens with zero attached hydrogens (tertiary/aromatic N) is 3. The fourth-order valence-corrected chi connectivity index (χ4v) is 3.12. The Morgan fingerprint density at radius 3 is 2.56 bits per heavy atom. The predicted molar refractivity (Wildman–Crippen MR) is 98.1 cm³/mol. The summed E-state index contributed by atoms with van der Waals surface area (Å²) in [5, 5.41) is 22.4. The molecule has 7 heteroatoms. The van der Waals surface area contributed by atoms with Crippen LogP contribution in [0.4, 0.5) is 0 Å². The molecule has 27 heavy (non-hydrogen) atoms. The number of hydrogen-bond acceptors (Lipinski definition) is 5. The van der Waals surface area contributed by atoms with Crippen molar-refractivity contribution >= 4 is 17.6 Å². The fraction of sp³-hybridized carbons (Fsp3) is 0.200. The molecule has 2 aromatic rings. The minimum Gasteiger partial charge on any atom is -0.480 e. The van der Waals surface area contributed by atoms with E-state index >= 15 is 0 Å². The maximum absolute atomic E-state index is 12.8. The van der Waals surface area contributed by atoms with E-state index in [2.05, 4.69) is 11.2 Å².